The van der Waals surface area contributed by atoms with Gasteiger partial charge in [0.25, 0.3) is 5.91 Å². The molecule has 0 aromatic heterocycles. The maximum Gasteiger partial charge on any atom is 0.269 e. The van der Waals surface area contributed by atoms with Crippen molar-refractivity contribution in [1.29, 1.82) is 0 Å². The van der Waals surface area contributed by atoms with Crippen LogP contribution in [0, 0.1) is 11.7 Å². The lowest BCUT2D eigenvalue weighted by atomic mass is 10.0. The van der Waals surface area contributed by atoms with Gasteiger partial charge in [-0.2, -0.15) is 0 Å². The van der Waals surface area contributed by atoms with Gasteiger partial charge in [-0.05, 0) is 60.7 Å². The highest BCUT2D eigenvalue weighted by molar-refractivity contribution is 7.97. The van der Waals surface area contributed by atoms with Crippen LogP contribution in [0.25, 0.3) is 0 Å². The summed E-state index contributed by atoms with van der Waals surface area (Å²) in [6.45, 7) is 1.21. The zero-order chi connectivity index (χ0) is 21.3. The molecule has 1 atom stereocenters. The molecule has 0 radical (unpaired) electrons. The largest absolute Gasteiger partial charge is 0.497 e. The number of ether oxygens (including phenoxy) is 1. The van der Waals surface area contributed by atoms with Crippen molar-refractivity contribution in [3.05, 3.63) is 70.6 Å². The van der Waals surface area contributed by atoms with Crippen LogP contribution >= 0.6 is 23.5 Å². The number of methoxy groups -OCH3 is 1. The van der Waals surface area contributed by atoms with Crippen LogP contribution in [0.5, 0.6) is 5.75 Å². The minimum Gasteiger partial charge on any atom is -0.497 e. The molecule has 1 aliphatic heterocycles. The van der Waals surface area contributed by atoms with Crippen LogP contribution in [-0.4, -0.2) is 32.3 Å². The molecule has 0 bridgehead atoms. The molecule has 8 heteroatoms. The number of hydrogen-bond donors (Lipinski definition) is 2. The molecule has 2 aromatic rings. The smallest absolute Gasteiger partial charge is 0.269 e. The van der Waals surface area contributed by atoms with Crippen molar-refractivity contribution in [3.63, 3.8) is 0 Å². The molecule has 0 fully saturated rings. The van der Waals surface area contributed by atoms with Crippen LogP contribution in [0.1, 0.15) is 12.0 Å². The van der Waals surface area contributed by atoms with E-state index in [0.717, 1.165) is 29.1 Å². The number of hydrogen-bond acceptors (Lipinski definition) is 5. The van der Waals surface area contributed by atoms with Gasteiger partial charge in [0.15, 0.2) is 0 Å². The summed E-state index contributed by atoms with van der Waals surface area (Å²) in [6, 6.07) is 12.4. The Morgan fingerprint density at radius 3 is 2.77 bits per heavy atom. The highest BCUT2D eigenvalue weighted by atomic mass is 35.5. The summed E-state index contributed by atoms with van der Waals surface area (Å²) >= 11 is 7.17. The molecule has 5 nitrogen and oxygen atoms in total. The molecule has 30 heavy (non-hydrogen) atoms. The van der Waals surface area contributed by atoms with Gasteiger partial charge in [-0.25, -0.2) is 4.39 Å². The van der Waals surface area contributed by atoms with Gasteiger partial charge in [0.05, 0.1) is 12.1 Å². The summed E-state index contributed by atoms with van der Waals surface area (Å²) < 4.78 is 21.5. The van der Waals surface area contributed by atoms with Gasteiger partial charge < -0.3 is 10.1 Å². The SMILES string of the molecule is COc1ccc(CCNC(=O)C2=CCC(CNSc3ccc(F)c(Cl)c3)C=N2)cc1. The number of halogens is 2. The fourth-order valence-corrected chi connectivity index (χ4v) is 3.85. The lowest BCUT2D eigenvalue weighted by molar-refractivity contribution is -0.117. The molecule has 1 amide bonds. The minimum atomic E-state index is -0.430. The van der Waals surface area contributed by atoms with Gasteiger partial charge in [-0.3, -0.25) is 14.5 Å². The predicted octanol–water partition coefficient (Wildman–Crippen LogP) is 4.42. The first-order chi connectivity index (χ1) is 14.5. The average Bonchev–Trinajstić information content (AvgIpc) is 2.77. The summed E-state index contributed by atoms with van der Waals surface area (Å²) in [5.41, 5.74) is 1.57. The van der Waals surface area contributed by atoms with E-state index in [1.807, 2.05) is 30.3 Å². The lowest BCUT2D eigenvalue weighted by Crippen LogP contribution is -2.28. The van der Waals surface area contributed by atoms with E-state index in [1.165, 1.54) is 18.0 Å². The van der Waals surface area contributed by atoms with Gasteiger partial charge in [0.2, 0.25) is 0 Å². The molecular formula is C22H23ClFN3O2S. The summed E-state index contributed by atoms with van der Waals surface area (Å²) in [5.74, 6) is 0.402. The molecule has 0 spiro atoms. The fourth-order valence-electron chi connectivity index (χ4n) is 2.83. The van der Waals surface area contributed by atoms with Crippen molar-refractivity contribution in [3.8, 4) is 5.75 Å². The van der Waals surface area contributed by atoms with E-state index in [-0.39, 0.29) is 16.8 Å². The predicted molar refractivity (Wildman–Crippen MR) is 120 cm³/mol. The Hall–Kier alpha value is -2.35. The van der Waals surface area contributed by atoms with Crippen LogP contribution in [0.4, 0.5) is 4.39 Å². The first kappa shape index (κ1) is 22.3. The Morgan fingerprint density at radius 2 is 2.10 bits per heavy atom. The Labute approximate surface area is 184 Å². The highest BCUT2D eigenvalue weighted by Crippen LogP contribution is 2.22. The van der Waals surface area contributed by atoms with Crippen molar-refractivity contribution < 1.29 is 13.9 Å². The van der Waals surface area contributed by atoms with E-state index in [4.69, 9.17) is 16.3 Å². The molecule has 2 aromatic carbocycles. The number of nitrogens with zero attached hydrogens (tertiary/aromatic N) is 1. The monoisotopic (exact) mass is 447 g/mol. The molecule has 0 saturated heterocycles. The quantitative estimate of drug-likeness (QED) is 0.558. The maximum absolute atomic E-state index is 13.2. The third-order valence-electron chi connectivity index (χ3n) is 4.56. The molecule has 158 valence electrons. The van der Waals surface area contributed by atoms with E-state index >= 15 is 0 Å². The van der Waals surface area contributed by atoms with E-state index < -0.39 is 5.82 Å². The number of nitrogens with one attached hydrogen (secondary N) is 2. The van der Waals surface area contributed by atoms with Crippen LogP contribution in [-0.2, 0) is 11.2 Å². The average molecular weight is 448 g/mol. The second-order valence-electron chi connectivity index (χ2n) is 6.74. The number of carbonyl (C=O) groups is 1. The van der Waals surface area contributed by atoms with Crippen LogP contribution in [0.3, 0.4) is 0 Å². The van der Waals surface area contributed by atoms with Crippen molar-refractivity contribution in [2.75, 3.05) is 20.2 Å². The van der Waals surface area contributed by atoms with Crippen molar-refractivity contribution in [2.45, 2.75) is 17.7 Å². The number of benzene rings is 2. The second kappa shape index (κ2) is 11.2. The zero-order valence-electron chi connectivity index (χ0n) is 16.5. The fraction of sp³-hybridized carbons (Fsp3) is 0.273. The number of amides is 1. The minimum absolute atomic E-state index is 0.103. The van der Waals surface area contributed by atoms with E-state index in [1.54, 1.807) is 25.5 Å². The topological polar surface area (TPSA) is 62.7 Å². The maximum atomic E-state index is 13.2. The summed E-state index contributed by atoms with van der Waals surface area (Å²) in [4.78, 5) is 17.4. The molecule has 3 rings (SSSR count). The Bertz CT molecular complexity index is 934. The van der Waals surface area contributed by atoms with Gasteiger partial charge in [0, 0.05) is 30.1 Å². The Kier molecular flexibility index (Phi) is 8.30. The molecule has 0 saturated carbocycles. The van der Waals surface area contributed by atoms with Crippen LogP contribution < -0.4 is 14.8 Å². The van der Waals surface area contributed by atoms with Gasteiger partial charge in [-0.15, -0.1) is 0 Å². The molecule has 1 aliphatic rings. The highest BCUT2D eigenvalue weighted by Gasteiger charge is 2.15. The van der Waals surface area contributed by atoms with Crippen molar-refractivity contribution in [2.24, 2.45) is 10.9 Å². The first-order valence-electron chi connectivity index (χ1n) is 9.55. The lowest BCUT2D eigenvalue weighted by Gasteiger charge is -2.15. The van der Waals surface area contributed by atoms with Crippen LogP contribution in [0.2, 0.25) is 5.02 Å². The molecule has 0 aliphatic carbocycles. The summed E-state index contributed by atoms with van der Waals surface area (Å²) in [5, 5.41) is 3.01. The molecular weight excluding hydrogens is 425 g/mol. The van der Waals surface area contributed by atoms with E-state index in [2.05, 4.69) is 15.0 Å². The Morgan fingerprint density at radius 1 is 1.30 bits per heavy atom. The van der Waals surface area contributed by atoms with Crippen molar-refractivity contribution >= 4 is 35.7 Å². The number of rotatable bonds is 9. The normalized spacial score (nSPS) is 15.6. The van der Waals surface area contributed by atoms with Gasteiger partial charge >= 0.3 is 0 Å². The molecule has 1 unspecified atom stereocenters. The van der Waals surface area contributed by atoms with Gasteiger partial charge in [-0.1, -0.05) is 29.8 Å². The number of allylic oxidation sites excluding steroid dienone is 1. The van der Waals surface area contributed by atoms with Crippen LogP contribution in [0.15, 0.2) is 64.1 Å². The Balaban J connectivity index is 1.36. The standard InChI is InChI=1S/C22H23ClFN3O2S/c1-29-17-5-2-15(3-6-17)10-11-25-22(28)21-9-4-16(13-26-21)14-27-30-18-7-8-20(24)19(23)12-18/h2-3,5-9,12-13,16,27H,4,10-11,14H2,1H3,(H,25,28). The molecule has 2 N–H and O–H groups in total. The van der Waals surface area contributed by atoms with Gasteiger partial charge in [0.1, 0.15) is 17.3 Å². The van der Waals surface area contributed by atoms with E-state index in [9.17, 15) is 9.18 Å². The summed E-state index contributed by atoms with van der Waals surface area (Å²) in [6.07, 6.45) is 5.12. The zero-order valence-corrected chi connectivity index (χ0v) is 18.1. The number of aliphatic imine (C=N–C) groups is 1. The summed E-state index contributed by atoms with van der Waals surface area (Å²) in [7, 11) is 1.63. The third kappa shape index (κ3) is 6.58. The molecule has 1 heterocycles. The first-order valence-corrected chi connectivity index (χ1v) is 10.7. The van der Waals surface area contributed by atoms with E-state index in [0.29, 0.717) is 18.8 Å². The second-order valence-corrected chi connectivity index (χ2v) is 8.12. The van der Waals surface area contributed by atoms with Crippen molar-refractivity contribution in [1.82, 2.24) is 10.0 Å². The third-order valence-corrected chi connectivity index (χ3v) is 5.65. The number of carbonyl (C=O) groups excluding carboxylic acids is 1.